The average Bonchev–Trinajstić information content (AvgIpc) is 2.40. The summed E-state index contributed by atoms with van der Waals surface area (Å²) in [6.07, 6.45) is 3.77. The number of H-pyrrole nitrogens is 1. The molecule has 104 valence electrons. The summed E-state index contributed by atoms with van der Waals surface area (Å²) in [7, 11) is 3.93. The molecule has 0 aliphatic carbocycles. The fourth-order valence-electron chi connectivity index (χ4n) is 2.51. The van der Waals surface area contributed by atoms with E-state index in [-0.39, 0.29) is 11.5 Å². The minimum Gasteiger partial charge on any atom is -0.341 e. The van der Waals surface area contributed by atoms with Crippen molar-refractivity contribution in [1.82, 2.24) is 14.8 Å². The second-order valence-electron chi connectivity index (χ2n) is 5.37. The first-order valence-corrected chi connectivity index (χ1v) is 6.69. The van der Waals surface area contributed by atoms with E-state index in [1.54, 1.807) is 11.0 Å². The van der Waals surface area contributed by atoms with Crippen molar-refractivity contribution in [2.75, 3.05) is 33.7 Å². The topological polar surface area (TPSA) is 56.4 Å². The number of hydrogen-bond acceptors (Lipinski definition) is 3. The van der Waals surface area contributed by atoms with Gasteiger partial charge in [0.2, 0.25) is 5.56 Å². The molecule has 0 saturated carbocycles. The number of hydrogen-bond donors (Lipinski definition) is 1. The monoisotopic (exact) mass is 263 g/mol. The Balaban J connectivity index is 1.94. The molecule has 1 aliphatic heterocycles. The van der Waals surface area contributed by atoms with Crippen LogP contribution in [0.1, 0.15) is 23.2 Å². The zero-order chi connectivity index (χ0) is 13.8. The number of rotatable bonds is 3. The molecule has 2 rings (SSSR count). The molecule has 5 heteroatoms. The summed E-state index contributed by atoms with van der Waals surface area (Å²) in [4.78, 5) is 30.0. The van der Waals surface area contributed by atoms with Crippen LogP contribution in [0.15, 0.2) is 23.1 Å². The molecule has 1 aromatic heterocycles. The molecular weight excluding hydrogens is 242 g/mol. The van der Waals surface area contributed by atoms with Crippen molar-refractivity contribution in [3.05, 3.63) is 34.2 Å². The maximum atomic E-state index is 12.2. The van der Waals surface area contributed by atoms with Crippen molar-refractivity contribution in [2.45, 2.75) is 12.8 Å². The number of carbonyl (C=O) groups is 1. The quantitative estimate of drug-likeness (QED) is 0.877. The van der Waals surface area contributed by atoms with E-state index in [9.17, 15) is 9.59 Å². The number of nitrogens with zero attached hydrogens (tertiary/aromatic N) is 2. The smallest absolute Gasteiger partial charge is 0.253 e. The maximum Gasteiger partial charge on any atom is 0.253 e. The lowest BCUT2D eigenvalue weighted by Gasteiger charge is -2.31. The Kier molecular flexibility index (Phi) is 4.37. The Morgan fingerprint density at radius 3 is 2.79 bits per heavy atom. The van der Waals surface area contributed by atoms with Gasteiger partial charge in [0.05, 0.1) is 0 Å². The molecule has 5 nitrogen and oxygen atoms in total. The number of likely N-dealkylation sites (tertiary alicyclic amines) is 1. The van der Waals surface area contributed by atoms with Crippen molar-refractivity contribution in [3.8, 4) is 0 Å². The van der Waals surface area contributed by atoms with E-state index in [0.29, 0.717) is 11.5 Å². The van der Waals surface area contributed by atoms with Crippen molar-refractivity contribution < 1.29 is 4.79 Å². The molecule has 0 atom stereocenters. The second kappa shape index (κ2) is 6.02. The van der Waals surface area contributed by atoms with E-state index in [1.165, 1.54) is 12.3 Å². The summed E-state index contributed by atoms with van der Waals surface area (Å²) in [5.74, 6) is 0.483. The Hall–Kier alpha value is -1.62. The predicted octanol–water partition coefficient (Wildman–Crippen LogP) is 0.789. The first-order chi connectivity index (χ1) is 9.06. The highest BCUT2D eigenvalue weighted by molar-refractivity contribution is 5.93. The molecule has 0 bridgehead atoms. The highest BCUT2D eigenvalue weighted by atomic mass is 16.2. The highest BCUT2D eigenvalue weighted by Gasteiger charge is 2.21. The van der Waals surface area contributed by atoms with Crippen molar-refractivity contribution in [1.29, 1.82) is 0 Å². The number of aromatic nitrogens is 1. The molecule has 2 heterocycles. The second-order valence-corrected chi connectivity index (χ2v) is 5.37. The van der Waals surface area contributed by atoms with Crippen LogP contribution < -0.4 is 5.56 Å². The Morgan fingerprint density at radius 2 is 2.16 bits per heavy atom. The first-order valence-electron chi connectivity index (χ1n) is 6.69. The van der Waals surface area contributed by atoms with Crippen LogP contribution in [-0.2, 0) is 0 Å². The van der Waals surface area contributed by atoms with Crippen LogP contribution in [0.25, 0.3) is 0 Å². The zero-order valence-electron chi connectivity index (χ0n) is 11.6. The van der Waals surface area contributed by atoms with Crippen LogP contribution in [0.5, 0.6) is 0 Å². The van der Waals surface area contributed by atoms with E-state index in [0.717, 1.165) is 32.5 Å². The van der Waals surface area contributed by atoms with Crippen molar-refractivity contribution in [3.63, 3.8) is 0 Å². The van der Waals surface area contributed by atoms with E-state index in [1.807, 2.05) is 7.05 Å². The number of aromatic amines is 1. The maximum absolute atomic E-state index is 12.2. The third-order valence-corrected chi connectivity index (χ3v) is 3.74. The number of amides is 1. The third-order valence-electron chi connectivity index (χ3n) is 3.74. The van der Waals surface area contributed by atoms with E-state index < -0.39 is 0 Å². The van der Waals surface area contributed by atoms with Gasteiger partial charge in [-0.1, -0.05) is 0 Å². The molecule has 1 aromatic rings. The lowest BCUT2D eigenvalue weighted by atomic mass is 9.96. The SMILES string of the molecule is CN1CCC(CN(C)C(=O)c2cc[nH]c(=O)c2)CC1. The van der Waals surface area contributed by atoms with Crippen LogP contribution in [0.4, 0.5) is 0 Å². The normalized spacial score (nSPS) is 17.4. The Bertz CT molecular complexity index is 489. The molecule has 1 saturated heterocycles. The summed E-state index contributed by atoms with van der Waals surface area (Å²) in [5.41, 5.74) is 0.220. The molecule has 0 aromatic carbocycles. The minimum absolute atomic E-state index is 0.0787. The van der Waals surface area contributed by atoms with Gasteiger partial charge in [0.1, 0.15) is 0 Å². The summed E-state index contributed by atoms with van der Waals surface area (Å²) in [6.45, 7) is 2.95. The van der Waals surface area contributed by atoms with Crippen LogP contribution in [-0.4, -0.2) is 54.4 Å². The van der Waals surface area contributed by atoms with Gasteiger partial charge in [-0.25, -0.2) is 0 Å². The molecule has 19 heavy (non-hydrogen) atoms. The molecule has 1 amide bonds. The molecule has 0 spiro atoms. The fraction of sp³-hybridized carbons (Fsp3) is 0.571. The lowest BCUT2D eigenvalue weighted by molar-refractivity contribution is 0.0747. The van der Waals surface area contributed by atoms with Crippen LogP contribution >= 0.6 is 0 Å². The molecular formula is C14H21N3O2. The van der Waals surface area contributed by atoms with Gasteiger partial charge in [-0.2, -0.15) is 0 Å². The molecule has 1 fully saturated rings. The van der Waals surface area contributed by atoms with E-state index >= 15 is 0 Å². The largest absolute Gasteiger partial charge is 0.341 e. The first kappa shape index (κ1) is 13.8. The summed E-state index contributed by atoms with van der Waals surface area (Å²) in [6, 6.07) is 3.00. The van der Waals surface area contributed by atoms with Gasteiger partial charge in [-0.3, -0.25) is 9.59 Å². The van der Waals surface area contributed by atoms with Gasteiger partial charge < -0.3 is 14.8 Å². The molecule has 1 N–H and O–H groups in total. The van der Waals surface area contributed by atoms with Crippen LogP contribution in [0, 0.1) is 5.92 Å². The van der Waals surface area contributed by atoms with Crippen molar-refractivity contribution in [2.24, 2.45) is 5.92 Å². The number of piperidine rings is 1. The Labute approximate surface area is 113 Å². The fourth-order valence-corrected chi connectivity index (χ4v) is 2.51. The molecule has 0 radical (unpaired) electrons. The van der Waals surface area contributed by atoms with Crippen molar-refractivity contribution >= 4 is 5.91 Å². The lowest BCUT2D eigenvalue weighted by Crippen LogP contribution is -2.38. The van der Waals surface area contributed by atoms with Gasteiger partial charge in [-0.05, 0) is 45.0 Å². The summed E-state index contributed by atoms with van der Waals surface area (Å²) in [5, 5.41) is 0. The summed E-state index contributed by atoms with van der Waals surface area (Å²) < 4.78 is 0. The van der Waals surface area contributed by atoms with Crippen LogP contribution in [0.3, 0.4) is 0 Å². The van der Waals surface area contributed by atoms with E-state index in [4.69, 9.17) is 0 Å². The number of carbonyl (C=O) groups excluding carboxylic acids is 1. The standard InChI is InChI=1S/C14H21N3O2/c1-16-7-4-11(5-8-16)10-17(2)14(19)12-3-6-15-13(18)9-12/h3,6,9,11H,4-5,7-8,10H2,1-2H3,(H,15,18). The van der Waals surface area contributed by atoms with Gasteiger partial charge >= 0.3 is 0 Å². The molecule has 0 unspecified atom stereocenters. The Morgan fingerprint density at radius 1 is 1.47 bits per heavy atom. The summed E-state index contributed by atoms with van der Waals surface area (Å²) >= 11 is 0. The van der Waals surface area contributed by atoms with Crippen LogP contribution in [0.2, 0.25) is 0 Å². The number of pyridine rings is 1. The number of nitrogens with one attached hydrogen (secondary N) is 1. The van der Waals surface area contributed by atoms with E-state index in [2.05, 4.69) is 16.9 Å². The van der Waals surface area contributed by atoms with Gasteiger partial charge in [0, 0.05) is 31.4 Å². The third kappa shape index (κ3) is 3.67. The minimum atomic E-state index is -0.237. The zero-order valence-corrected chi connectivity index (χ0v) is 11.6. The van der Waals surface area contributed by atoms with Gasteiger partial charge in [-0.15, -0.1) is 0 Å². The van der Waals surface area contributed by atoms with Gasteiger partial charge in [0.25, 0.3) is 5.91 Å². The van der Waals surface area contributed by atoms with Gasteiger partial charge in [0.15, 0.2) is 0 Å². The molecule has 1 aliphatic rings. The highest BCUT2D eigenvalue weighted by Crippen LogP contribution is 2.17. The average molecular weight is 263 g/mol. The predicted molar refractivity (Wildman–Crippen MR) is 74.2 cm³/mol.